The molecule has 1 fully saturated rings. The molecule has 8 heteroatoms. The van der Waals surface area contributed by atoms with Crippen LogP contribution in [0.2, 0.25) is 5.15 Å². The predicted molar refractivity (Wildman–Crippen MR) is 121 cm³/mol. The average Bonchev–Trinajstić information content (AvgIpc) is 3.17. The van der Waals surface area contributed by atoms with Gasteiger partial charge >= 0.3 is 5.63 Å². The fraction of sp³-hybridized carbons (Fsp3) is 0.318. The minimum Gasteiger partial charge on any atom is -0.422 e. The van der Waals surface area contributed by atoms with Crippen LogP contribution in [0.15, 0.2) is 51.8 Å². The van der Waals surface area contributed by atoms with Gasteiger partial charge in [0.2, 0.25) is 0 Å². The number of hydrogen-bond donors (Lipinski definition) is 0. The lowest BCUT2D eigenvalue weighted by atomic mass is 10.1. The highest BCUT2D eigenvalue weighted by Gasteiger charge is 2.16. The summed E-state index contributed by atoms with van der Waals surface area (Å²) < 4.78 is 7.18. The van der Waals surface area contributed by atoms with Gasteiger partial charge in [0.05, 0.1) is 17.5 Å². The molecule has 3 aromatic heterocycles. The molecule has 0 bridgehead atoms. The summed E-state index contributed by atoms with van der Waals surface area (Å²) in [4.78, 5) is 21.7. The summed E-state index contributed by atoms with van der Waals surface area (Å²) in [5.74, 6) is 0. The third kappa shape index (κ3) is 3.91. The van der Waals surface area contributed by atoms with Gasteiger partial charge in [0, 0.05) is 43.3 Å². The number of nitrogens with zero attached hydrogens (tertiary/aromatic N) is 5. The molecule has 4 heterocycles. The van der Waals surface area contributed by atoms with E-state index in [1.807, 2.05) is 32.0 Å². The molecule has 0 saturated carbocycles. The molecular weight excluding hydrogens is 402 g/mol. The smallest absolute Gasteiger partial charge is 0.345 e. The van der Waals surface area contributed by atoms with Gasteiger partial charge in [-0.3, -0.25) is 0 Å². The van der Waals surface area contributed by atoms with Crippen molar-refractivity contribution in [1.82, 2.24) is 19.5 Å². The molecule has 0 spiro atoms. The van der Waals surface area contributed by atoms with E-state index < -0.39 is 5.63 Å². The molecule has 1 aliphatic heterocycles. The summed E-state index contributed by atoms with van der Waals surface area (Å²) in [5.41, 5.74) is 2.76. The van der Waals surface area contributed by atoms with Gasteiger partial charge in [-0.1, -0.05) is 25.4 Å². The molecule has 30 heavy (non-hydrogen) atoms. The maximum atomic E-state index is 12.6. The van der Waals surface area contributed by atoms with Gasteiger partial charge in [0.25, 0.3) is 0 Å². The van der Waals surface area contributed by atoms with Crippen LogP contribution in [0.4, 0.5) is 5.69 Å². The van der Waals surface area contributed by atoms with Crippen LogP contribution in [0.3, 0.4) is 0 Å². The lowest BCUT2D eigenvalue weighted by molar-refractivity contribution is 0.313. The number of anilines is 1. The summed E-state index contributed by atoms with van der Waals surface area (Å²) in [6.07, 6.45) is 1.68. The zero-order valence-corrected chi connectivity index (χ0v) is 18.1. The predicted octanol–water partition coefficient (Wildman–Crippen LogP) is 3.93. The first-order valence-corrected chi connectivity index (χ1v) is 10.5. The monoisotopic (exact) mass is 425 g/mol. The molecule has 7 nitrogen and oxygen atoms in total. The normalized spacial score (nSPS) is 14.7. The lowest BCUT2D eigenvalue weighted by Gasteiger charge is -2.34. The van der Waals surface area contributed by atoms with Crippen molar-refractivity contribution in [3.63, 3.8) is 0 Å². The van der Waals surface area contributed by atoms with Crippen molar-refractivity contribution in [3.05, 3.63) is 58.2 Å². The highest BCUT2D eigenvalue weighted by molar-refractivity contribution is 6.29. The van der Waals surface area contributed by atoms with Gasteiger partial charge in [-0.15, -0.1) is 0 Å². The van der Waals surface area contributed by atoms with Crippen molar-refractivity contribution >= 4 is 33.9 Å². The molecule has 156 valence electrons. The number of piperazine rings is 1. The molecule has 0 aliphatic carbocycles. The Morgan fingerprint density at radius 3 is 2.57 bits per heavy atom. The number of halogens is 1. The topological polar surface area (TPSA) is 66.9 Å². The van der Waals surface area contributed by atoms with Crippen LogP contribution < -0.4 is 10.5 Å². The lowest BCUT2D eigenvalue weighted by Crippen LogP contribution is -2.44. The molecule has 0 N–H and O–H groups in total. The minimum absolute atomic E-state index is 0.360. The Hall–Kier alpha value is -2.90. The van der Waals surface area contributed by atoms with Crippen LogP contribution in [0.1, 0.15) is 13.8 Å². The molecule has 1 aliphatic rings. The molecule has 4 aromatic rings. The van der Waals surface area contributed by atoms with Crippen molar-refractivity contribution in [2.45, 2.75) is 13.8 Å². The highest BCUT2D eigenvalue weighted by atomic mass is 35.5. The quantitative estimate of drug-likeness (QED) is 0.453. The van der Waals surface area contributed by atoms with Crippen LogP contribution in [-0.2, 0) is 0 Å². The maximum Gasteiger partial charge on any atom is 0.345 e. The van der Waals surface area contributed by atoms with Gasteiger partial charge in [-0.25, -0.2) is 14.3 Å². The number of fused-ring (bicyclic) bond motifs is 2. The summed E-state index contributed by atoms with van der Waals surface area (Å²) in [7, 11) is 2.13. The molecular formula is C22H24ClN5O2. The van der Waals surface area contributed by atoms with E-state index in [4.69, 9.17) is 16.0 Å². The van der Waals surface area contributed by atoms with Crippen LogP contribution in [0.25, 0.3) is 27.9 Å². The fourth-order valence-electron chi connectivity index (χ4n) is 3.53. The highest BCUT2D eigenvalue weighted by Crippen LogP contribution is 2.25. The molecule has 0 atom stereocenters. The van der Waals surface area contributed by atoms with Crippen molar-refractivity contribution in [1.29, 1.82) is 0 Å². The number of aromatic nitrogens is 3. The average molecular weight is 426 g/mol. The van der Waals surface area contributed by atoms with E-state index >= 15 is 0 Å². The van der Waals surface area contributed by atoms with Crippen molar-refractivity contribution in [2.24, 2.45) is 0 Å². The van der Waals surface area contributed by atoms with E-state index in [1.165, 1.54) is 0 Å². The summed E-state index contributed by atoms with van der Waals surface area (Å²) in [6.45, 7) is 7.96. The second-order valence-corrected chi connectivity index (χ2v) is 7.43. The van der Waals surface area contributed by atoms with Gasteiger partial charge in [-0.2, -0.15) is 5.10 Å². The Balaban J connectivity index is 0.00000106. The van der Waals surface area contributed by atoms with Gasteiger partial charge in [0.15, 0.2) is 5.65 Å². The first-order chi connectivity index (χ1) is 14.6. The Labute approximate surface area is 179 Å². The molecule has 0 amide bonds. The first kappa shape index (κ1) is 20.4. The summed E-state index contributed by atoms with van der Waals surface area (Å²) >= 11 is 5.92. The van der Waals surface area contributed by atoms with E-state index in [0.29, 0.717) is 27.6 Å². The molecule has 5 rings (SSSR count). The molecule has 1 aromatic carbocycles. The standard InChI is InChI=1S/C20H18ClN5O2.C2H6/c1-24-6-8-25(9-7-24)14-3-2-13-10-15(20(27)28-17(13)11-14)16-12-26-19(22-16)5-4-18(21)23-26;1-2/h2-5,10-12H,6-9H2,1H3;1-2H3. The SMILES string of the molecule is CC.CN1CCN(c2ccc3cc(-c4cn5nc(Cl)ccc5n4)c(=O)oc3c2)CC1. The van der Waals surface area contributed by atoms with E-state index in [1.54, 1.807) is 22.8 Å². The Bertz CT molecular complexity index is 1240. The van der Waals surface area contributed by atoms with E-state index in [9.17, 15) is 4.79 Å². The van der Waals surface area contributed by atoms with E-state index in [2.05, 4.69) is 33.0 Å². The third-order valence-corrected chi connectivity index (χ3v) is 5.35. The zero-order chi connectivity index (χ0) is 21.3. The van der Waals surface area contributed by atoms with E-state index in [0.717, 1.165) is 37.3 Å². The number of likely N-dealkylation sites (N-methyl/N-ethyl adjacent to an activating group) is 1. The Morgan fingerprint density at radius 1 is 1.03 bits per heavy atom. The summed E-state index contributed by atoms with van der Waals surface area (Å²) in [6, 6.07) is 11.2. The third-order valence-electron chi connectivity index (χ3n) is 5.15. The summed E-state index contributed by atoms with van der Waals surface area (Å²) in [5, 5.41) is 5.38. The van der Waals surface area contributed by atoms with Gasteiger partial charge in [-0.05, 0) is 37.4 Å². The molecule has 0 radical (unpaired) electrons. The number of hydrogen-bond acceptors (Lipinski definition) is 6. The van der Waals surface area contributed by atoms with Crippen molar-refractivity contribution in [3.8, 4) is 11.3 Å². The Morgan fingerprint density at radius 2 is 1.80 bits per heavy atom. The second-order valence-electron chi connectivity index (χ2n) is 7.04. The first-order valence-electron chi connectivity index (χ1n) is 10.1. The second kappa shape index (κ2) is 8.45. The number of imidazole rings is 1. The fourth-order valence-corrected chi connectivity index (χ4v) is 3.67. The van der Waals surface area contributed by atoms with Crippen molar-refractivity contribution in [2.75, 3.05) is 38.1 Å². The number of benzene rings is 1. The van der Waals surface area contributed by atoms with Crippen molar-refractivity contribution < 1.29 is 4.42 Å². The van der Waals surface area contributed by atoms with Gasteiger partial charge in [0.1, 0.15) is 10.7 Å². The maximum absolute atomic E-state index is 12.6. The number of rotatable bonds is 2. The van der Waals surface area contributed by atoms with Crippen LogP contribution in [0, 0.1) is 0 Å². The molecule has 0 unspecified atom stereocenters. The van der Waals surface area contributed by atoms with E-state index in [-0.39, 0.29) is 0 Å². The molecule has 1 saturated heterocycles. The van der Waals surface area contributed by atoms with Crippen LogP contribution in [-0.4, -0.2) is 52.7 Å². The largest absolute Gasteiger partial charge is 0.422 e. The Kier molecular flexibility index (Phi) is 5.74. The van der Waals surface area contributed by atoms with Crippen LogP contribution in [0.5, 0.6) is 0 Å². The van der Waals surface area contributed by atoms with Crippen LogP contribution >= 0.6 is 11.6 Å². The zero-order valence-electron chi connectivity index (χ0n) is 17.3. The van der Waals surface area contributed by atoms with Gasteiger partial charge < -0.3 is 14.2 Å². The minimum atomic E-state index is -0.419.